The molecule has 5 heteroatoms. The van der Waals surface area contributed by atoms with E-state index in [-0.39, 0.29) is 24.3 Å². The fourth-order valence-corrected chi connectivity index (χ4v) is 3.78. The van der Waals surface area contributed by atoms with E-state index >= 15 is 0 Å². The third kappa shape index (κ3) is 7.12. The highest BCUT2D eigenvalue weighted by Crippen LogP contribution is 2.19. The monoisotopic (exact) mass is 424 g/mol. The number of nitrogens with zero attached hydrogens (tertiary/aromatic N) is 1. The highest BCUT2D eigenvalue weighted by molar-refractivity contribution is 5.88. The van der Waals surface area contributed by atoms with Gasteiger partial charge in [0.2, 0.25) is 11.8 Å². The quantitative estimate of drug-likeness (QED) is 0.607. The lowest BCUT2D eigenvalue weighted by Crippen LogP contribution is -2.51. The number of hydrogen-bond acceptors (Lipinski definition) is 3. The Morgan fingerprint density at radius 2 is 1.68 bits per heavy atom. The summed E-state index contributed by atoms with van der Waals surface area (Å²) in [4.78, 5) is 28.2. The number of aryl methyl sites for hydroxylation is 2. The molecule has 2 aromatic carbocycles. The Bertz CT molecular complexity index is 874. The molecule has 2 aromatic rings. The number of methoxy groups -OCH3 is 1. The lowest BCUT2D eigenvalue weighted by molar-refractivity contribution is -0.141. The molecule has 2 rings (SSSR count). The summed E-state index contributed by atoms with van der Waals surface area (Å²) in [7, 11) is 1.62. The minimum atomic E-state index is -0.529. The van der Waals surface area contributed by atoms with Crippen LogP contribution in [0.15, 0.2) is 42.5 Å². The lowest BCUT2D eigenvalue weighted by Gasteiger charge is -2.31. The van der Waals surface area contributed by atoms with Crippen LogP contribution in [0, 0.1) is 13.8 Å². The maximum Gasteiger partial charge on any atom is 0.243 e. The van der Waals surface area contributed by atoms with Crippen molar-refractivity contribution in [1.82, 2.24) is 10.2 Å². The molecule has 0 aliphatic rings. The minimum absolute atomic E-state index is 0.0565. The van der Waals surface area contributed by atoms with Crippen molar-refractivity contribution in [2.24, 2.45) is 0 Å². The topological polar surface area (TPSA) is 58.6 Å². The van der Waals surface area contributed by atoms with Crippen molar-refractivity contribution >= 4 is 11.8 Å². The average Bonchev–Trinajstić information content (AvgIpc) is 2.72. The highest BCUT2D eigenvalue weighted by atomic mass is 16.5. The van der Waals surface area contributed by atoms with Gasteiger partial charge in [0.05, 0.1) is 13.5 Å². The third-order valence-corrected chi connectivity index (χ3v) is 5.51. The van der Waals surface area contributed by atoms with Gasteiger partial charge >= 0.3 is 0 Å². The van der Waals surface area contributed by atoms with Gasteiger partial charge in [-0.3, -0.25) is 9.59 Å². The first-order valence-electron chi connectivity index (χ1n) is 11.1. The molecule has 0 aromatic heterocycles. The van der Waals surface area contributed by atoms with Crippen molar-refractivity contribution in [3.63, 3.8) is 0 Å². The lowest BCUT2D eigenvalue weighted by atomic mass is 10.0. The SMILES string of the molecule is CC[C@@H](C)NC(=O)[C@H](CC)N(Cc1cccc(OC)c1)C(=O)Cc1cc(C)cc(C)c1. The van der Waals surface area contributed by atoms with E-state index < -0.39 is 6.04 Å². The number of benzene rings is 2. The molecule has 0 aliphatic carbocycles. The fourth-order valence-electron chi connectivity index (χ4n) is 3.78. The normalized spacial score (nSPS) is 12.7. The van der Waals surface area contributed by atoms with Crippen molar-refractivity contribution < 1.29 is 14.3 Å². The predicted octanol–water partition coefficient (Wildman–Crippen LogP) is 4.58. The Morgan fingerprint density at radius 1 is 1.00 bits per heavy atom. The molecular formula is C26H36N2O3. The van der Waals surface area contributed by atoms with Gasteiger partial charge in [-0.05, 0) is 56.9 Å². The van der Waals surface area contributed by atoms with Gasteiger partial charge in [-0.25, -0.2) is 0 Å². The Kier molecular flexibility index (Phi) is 9.10. The van der Waals surface area contributed by atoms with Gasteiger partial charge in [0.25, 0.3) is 0 Å². The first kappa shape index (κ1) is 24.4. The second kappa shape index (κ2) is 11.5. The van der Waals surface area contributed by atoms with Crippen LogP contribution in [-0.2, 0) is 22.6 Å². The fraction of sp³-hybridized carbons (Fsp3) is 0.462. The van der Waals surface area contributed by atoms with E-state index in [9.17, 15) is 9.59 Å². The molecule has 31 heavy (non-hydrogen) atoms. The molecule has 5 nitrogen and oxygen atoms in total. The maximum atomic E-state index is 13.5. The van der Waals surface area contributed by atoms with E-state index in [1.165, 1.54) is 0 Å². The molecule has 0 saturated heterocycles. The summed E-state index contributed by atoms with van der Waals surface area (Å²) in [6, 6.07) is 13.3. The zero-order valence-electron chi connectivity index (χ0n) is 19.7. The number of carbonyl (C=O) groups is 2. The number of hydrogen-bond donors (Lipinski definition) is 1. The van der Waals surface area contributed by atoms with Gasteiger partial charge in [-0.1, -0.05) is 55.3 Å². The van der Waals surface area contributed by atoms with E-state index in [1.807, 2.05) is 71.0 Å². The number of rotatable bonds is 10. The molecule has 0 saturated carbocycles. The molecular weight excluding hydrogens is 388 g/mol. The second-order valence-electron chi connectivity index (χ2n) is 8.29. The Hall–Kier alpha value is -2.82. The molecule has 0 aliphatic heterocycles. The highest BCUT2D eigenvalue weighted by Gasteiger charge is 2.29. The van der Waals surface area contributed by atoms with Gasteiger partial charge in [0.1, 0.15) is 11.8 Å². The van der Waals surface area contributed by atoms with Crippen LogP contribution in [0.4, 0.5) is 0 Å². The van der Waals surface area contributed by atoms with E-state index in [1.54, 1.807) is 12.0 Å². The zero-order valence-corrected chi connectivity index (χ0v) is 19.7. The van der Waals surface area contributed by atoms with E-state index in [2.05, 4.69) is 11.4 Å². The van der Waals surface area contributed by atoms with Crippen LogP contribution in [0.2, 0.25) is 0 Å². The van der Waals surface area contributed by atoms with Crippen LogP contribution >= 0.6 is 0 Å². The van der Waals surface area contributed by atoms with Crippen LogP contribution < -0.4 is 10.1 Å². The van der Waals surface area contributed by atoms with E-state index in [0.717, 1.165) is 34.4 Å². The predicted molar refractivity (Wildman–Crippen MR) is 125 cm³/mol. The summed E-state index contributed by atoms with van der Waals surface area (Å²) >= 11 is 0. The molecule has 0 bridgehead atoms. The maximum absolute atomic E-state index is 13.5. The summed E-state index contributed by atoms with van der Waals surface area (Å²) in [5.41, 5.74) is 4.16. The minimum Gasteiger partial charge on any atom is -0.497 e. The molecule has 0 heterocycles. The summed E-state index contributed by atoms with van der Waals surface area (Å²) < 4.78 is 5.34. The van der Waals surface area contributed by atoms with Gasteiger partial charge in [-0.2, -0.15) is 0 Å². The molecule has 2 amide bonds. The second-order valence-corrected chi connectivity index (χ2v) is 8.29. The number of ether oxygens (including phenoxy) is 1. The van der Waals surface area contributed by atoms with Crippen molar-refractivity contribution in [2.45, 2.75) is 72.5 Å². The first-order chi connectivity index (χ1) is 14.8. The summed E-state index contributed by atoms with van der Waals surface area (Å²) in [5.74, 6) is 0.573. The zero-order chi connectivity index (χ0) is 23.0. The third-order valence-electron chi connectivity index (χ3n) is 5.51. The average molecular weight is 425 g/mol. The molecule has 168 valence electrons. The molecule has 0 unspecified atom stereocenters. The summed E-state index contributed by atoms with van der Waals surface area (Å²) in [6.07, 6.45) is 1.65. The molecule has 0 spiro atoms. The van der Waals surface area contributed by atoms with Crippen LogP contribution in [0.5, 0.6) is 5.75 Å². The molecule has 2 atom stereocenters. The Balaban J connectivity index is 2.34. The number of nitrogens with one attached hydrogen (secondary N) is 1. The molecule has 1 N–H and O–H groups in total. The standard InChI is InChI=1S/C26H36N2O3/c1-7-20(5)27-26(30)24(8-2)28(17-21-10-9-11-23(15-21)31-6)25(29)16-22-13-18(3)12-19(4)14-22/h9-15,20,24H,7-8,16-17H2,1-6H3,(H,27,30)/t20-,24+/m1/s1. The largest absolute Gasteiger partial charge is 0.497 e. The van der Waals surface area contributed by atoms with Gasteiger partial charge in [0, 0.05) is 12.6 Å². The Labute approximate surface area is 186 Å². The number of amides is 2. The van der Waals surface area contributed by atoms with Crippen molar-refractivity contribution in [3.8, 4) is 5.75 Å². The molecule has 0 radical (unpaired) electrons. The van der Waals surface area contributed by atoms with Crippen molar-refractivity contribution in [2.75, 3.05) is 7.11 Å². The van der Waals surface area contributed by atoms with Crippen LogP contribution in [-0.4, -0.2) is 35.9 Å². The molecule has 0 fully saturated rings. The van der Waals surface area contributed by atoms with Crippen molar-refractivity contribution in [1.29, 1.82) is 0 Å². The summed E-state index contributed by atoms with van der Waals surface area (Å²) in [6.45, 7) is 10.4. The Morgan fingerprint density at radius 3 is 2.26 bits per heavy atom. The van der Waals surface area contributed by atoms with Gasteiger partial charge in [-0.15, -0.1) is 0 Å². The number of carbonyl (C=O) groups excluding carboxylic acids is 2. The van der Waals surface area contributed by atoms with Crippen LogP contribution in [0.3, 0.4) is 0 Å². The van der Waals surface area contributed by atoms with E-state index in [0.29, 0.717) is 13.0 Å². The summed E-state index contributed by atoms with van der Waals surface area (Å²) in [5, 5.41) is 3.05. The van der Waals surface area contributed by atoms with E-state index in [4.69, 9.17) is 4.74 Å². The van der Waals surface area contributed by atoms with Crippen LogP contribution in [0.1, 0.15) is 55.9 Å². The first-order valence-corrected chi connectivity index (χ1v) is 11.1. The van der Waals surface area contributed by atoms with Gasteiger partial charge in [0.15, 0.2) is 0 Å². The van der Waals surface area contributed by atoms with Crippen LogP contribution in [0.25, 0.3) is 0 Å². The van der Waals surface area contributed by atoms with Crippen molar-refractivity contribution in [3.05, 3.63) is 64.7 Å². The van der Waals surface area contributed by atoms with Gasteiger partial charge < -0.3 is 15.0 Å². The smallest absolute Gasteiger partial charge is 0.243 e.